The zero-order valence-corrected chi connectivity index (χ0v) is 17.6. The summed E-state index contributed by atoms with van der Waals surface area (Å²) in [4.78, 5) is 0.188. The Morgan fingerprint density at radius 2 is 1.60 bits per heavy atom. The van der Waals surface area contributed by atoms with Crippen LogP contribution in [0, 0.1) is 5.82 Å². The first kappa shape index (κ1) is 19.5. The zero-order valence-electron chi connectivity index (χ0n) is 16.0. The molecule has 3 nitrogen and oxygen atoms in total. The van der Waals surface area contributed by atoms with Gasteiger partial charge in [0.2, 0.25) is 10.0 Å². The largest absolute Gasteiger partial charge is 0.240 e. The summed E-state index contributed by atoms with van der Waals surface area (Å²) in [5, 5.41) is 3.81. The Balaban J connectivity index is 1.53. The lowest BCUT2D eigenvalue weighted by Gasteiger charge is -2.27. The van der Waals surface area contributed by atoms with Gasteiger partial charge in [0.15, 0.2) is 0 Å². The van der Waals surface area contributed by atoms with Gasteiger partial charge in [0.25, 0.3) is 0 Å². The van der Waals surface area contributed by atoms with Crippen molar-refractivity contribution in [3.05, 3.63) is 88.7 Å². The van der Waals surface area contributed by atoms with Crippen LogP contribution in [0.25, 0.3) is 21.5 Å². The van der Waals surface area contributed by atoms with Crippen molar-refractivity contribution in [2.45, 2.75) is 30.2 Å². The minimum Gasteiger partial charge on any atom is -0.208 e. The van der Waals surface area contributed by atoms with Gasteiger partial charge in [-0.2, -0.15) is 0 Å². The van der Waals surface area contributed by atoms with Gasteiger partial charge in [-0.3, -0.25) is 0 Å². The molecule has 0 fully saturated rings. The molecule has 0 aliphatic heterocycles. The van der Waals surface area contributed by atoms with Crippen molar-refractivity contribution in [1.82, 2.24) is 4.72 Å². The maximum absolute atomic E-state index is 14.8. The van der Waals surface area contributed by atoms with Gasteiger partial charge in [0.05, 0.1) is 4.90 Å². The lowest BCUT2D eigenvalue weighted by atomic mass is 9.84. The number of hydrogen-bond donors (Lipinski definition) is 1. The first-order valence-corrected chi connectivity index (χ1v) is 11.7. The predicted molar refractivity (Wildman–Crippen MR) is 119 cm³/mol. The average molecular weight is 440 g/mol. The number of fused-ring (bicyclic) bond motifs is 5. The van der Waals surface area contributed by atoms with E-state index in [1.807, 2.05) is 24.3 Å². The topological polar surface area (TPSA) is 46.2 Å². The van der Waals surface area contributed by atoms with Gasteiger partial charge in [-0.05, 0) is 76.9 Å². The minimum absolute atomic E-state index is 0.188. The second kappa shape index (κ2) is 7.34. The number of rotatable bonds is 3. The molecule has 1 aliphatic carbocycles. The van der Waals surface area contributed by atoms with Crippen molar-refractivity contribution in [1.29, 1.82) is 0 Å². The molecule has 1 aliphatic rings. The van der Waals surface area contributed by atoms with E-state index in [0.717, 1.165) is 33.7 Å². The second-order valence-corrected chi connectivity index (χ2v) is 9.87. The predicted octanol–water partition coefficient (Wildman–Crippen LogP) is 5.62. The summed E-state index contributed by atoms with van der Waals surface area (Å²) >= 11 is 5.87. The van der Waals surface area contributed by atoms with Gasteiger partial charge in [0, 0.05) is 16.5 Å². The van der Waals surface area contributed by atoms with Gasteiger partial charge in [-0.25, -0.2) is 17.5 Å². The summed E-state index contributed by atoms with van der Waals surface area (Å²) in [6.45, 7) is 0. The number of aryl methyl sites for hydroxylation is 1. The number of hydrogen-bond acceptors (Lipinski definition) is 2. The van der Waals surface area contributed by atoms with E-state index < -0.39 is 10.0 Å². The molecule has 0 saturated carbocycles. The lowest BCUT2D eigenvalue weighted by Crippen LogP contribution is -2.38. The highest BCUT2D eigenvalue weighted by molar-refractivity contribution is 7.89. The lowest BCUT2D eigenvalue weighted by molar-refractivity contribution is 0.509. The maximum atomic E-state index is 14.8. The van der Waals surface area contributed by atoms with Gasteiger partial charge in [-0.15, -0.1) is 0 Å². The van der Waals surface area contributed by atoms with E-state index in [2.05, 4.69) is 10.8 Å². The normalized spacial score (nSPS) is 16.7. The quantitative estimate of drug-likeness (QED) is 0.421. The third kappa shape index (κ3) is 3.37. The smallest absolute Gasteiger partial charge is 0.208 e. The Morgan fingerprint density at radius 1 is 0.900 bits per heavy atom. The number of halogens is 2. The monoisotopic (exact) mass is 439 g/mol. The molecule has 0 aromatic heterocycles. The molecule has 6 heteroatoms. The molecule has 4 aromatic carbocycles. The van der Waals surface area contributed by atoms with E-state index >= 15 is 0 Å². The van der Waals surface area contributed by atoms with Crippen molar-refractivity contribution in [3.8, 4) is 0 Å². The molecule has 30 heavy (non-hydrogen) atoms. The van der Waals surface area contributed by atoms with Crippen molar-refractivity contribution in [2.24, 2.45) is 0 Å². The summed E-state index contributed by atoms with van der Waals surface area (Å²) in [7, 11) is -3.66. The first-order valence-electron chi connectivity index (χ1n) is 9.82. The summed E-state index contributed by atoms with van der Waals surface area (Å²) in [6, 6.07) is 19.0. The van der Waals surface area contributed by atoms with Crippen LogP contribution in [0.3, 0.4) is 0 Å². The molecule has 0 bridgehead atoms. The van der Waals surface area contributed by atoms with E-state index in [-0.39, 0.29) is 16.8 Å². The molecule has 5 rings (SSSR count). The zero-order chi connectivity index (χ0) is 20.9. The van der Waals surface area contributed by atoms with Crippen molar-refractivity contribution >= 4 is 43.2 Å². The highest BCUT2D eigenvalue weighted by atomic mass is 35.5. The van der Waals surface area contributed by atoms with Gasteiger partial charge in [-0.1, -0.05) is 48.0 Å². The van der Waals surface area contributed by atoms with E-state index in [4.69, 9.17) is 11.6 Å². The number of sulfonamides is 1. The molecule has 1 atom stereocenters. The van der Waals surface area contributed by atoms with Crippen LogP contribution < -0.4 is 4.72 Å². The SMILES string of the molecule is O=S(=O)(NC1CCc2ccc3c(cc(F)c4ccccc43)c2C1)c1ccc(Cl)cc1. The van der Waals surface area contributed by atoms with Gasteiger partial charge in [0.1, 0.15) is 5.82 Å². The Kier molecular flexibility index (Phi) is 4.77. The van der Waals surface area contributed by atoms with Crippen LogP contribution >= 0.6 is 11.6 Å². The second-order valence-electron chi connectivity index (χ2n) is 7.72. The highest BCUT2D eigenvalue weighted by Gasteiger charge is 2.26. The summed E-state index contributed by atoms with van der Waals surface area (Å²) in [5.41, 5.74) is 2.17. The van der Waals surface area contributed by atoms with Crippen LogP contribution in [0.15, 0.2) is 71.6 Å². The van der Waals surface area contributed by atoms with E-state index in [1.165, 1.54) is 12.1 Å². The molecule has 0 radical (unpaired) electrons. The Bertz CT molecular complexity index is 1380. The van der Waals surface area contributed by atoms with Crippen molar-refractivity contribution < 1.29 is 12.8 Å². The van der Waals surface area contributed by atoms with Crippen LogP contribution in [0.5, 0.6) is 0 Å². The van der Waals surface area contributed by atoms with Crippen LogP contribution in [-0.4, -0.2) is 14.5 Å². The third-order valence-corrected chi connectivity index (χ3v) is 7.65. The molecule has 1 unspecified atom stereocenters. The van der Waals surface area contributed by atoms with E-state index in [9.17, 15) is 12.8 Å². The fourth-order valence-electron chi connectivity index (χ4n) is 4.40. The van der Waals surface area contributed by atoms with E-state index in [0.29, 0.717) is 23.3 Å². The molecule has 1 N–H and O–H groups in total. The molecule has 0 spiro atoms. The maximum Gasteiger partial charge on any atom is 0.240 e. The average Bonchev–Trinajstić information content (AvgIpc) is 2.74. The molecular weight excluding hydrogens is 421 g/mol. The first-order chi connectivity index (χ1) is 14.4. The fraction of sp³-hybridized carbons (Fsp3) is 0.167. The van der Waals surface area contributed by atoms with Crippen molar-refractivity contribution in [2.75, 3.05) is 0 Å². The molecule has 4 aromatic rings. The molecule has 0 saturated heterocycles. The number of benzene rings is 4. The minimum atomic E-state index is -3.66. The molecular formula is C24H19ClFNO2S. The van der Waals surface area contributed by atoms with Crippen LogP contribution in [-0.2, 0) is 22.9 Å². The standard InChI is InChI=1S/C24H19ClFNO2S/c25-16-7-10-18(11-8-16)30(28,29)27-17-9-5-15-6-12-20-19-3-1-2-4-21(19)24(26)14-23(20)22(15)13-17/h1-4,6-8,10-12,14,17,27H,5,9,13H2. The van der Waals surface area contributed by atoms with Crippen LogP contribution in [0.1, 0.15) is 17.5 Å². The Labute approximate surface area is 179 Å². The Morgan fingerprint density at radius 3 is 2.37 bits per heavy atom. The highest BCUT2D eigenvalue weighted by Crippen LogP contribution is 2.35. The number of nitrogens with one attached hydrogen (secondary N) is 1. The molecule has 0 heterocycles. The van der Waals surface area contributed by atoms with Crippen molar-refractivity contribution in [3.63, 3.8) is 0 Å². The van der Waals surface area contributed by atoms with Gasteiger partial charge >= 0.3 is 0 Å². The summed E-state index contributed by atoms with van der Waals surface area (Å²) in [5.74, 6) is -0.254. The van der Waals surface area contributed by atoms with Crippen LogP contribution in [0.4, 0.5) is 4.39 Å². The van der Waals surface area contributed by atoms with Gasteiger partial charge < -0.3 is 0 Å². The molecule has 152 valence electrons. The third-order valence-electron chi connectivity index (χ3n) is 5.86. The van der Waals surface area contributed by atoms with Crippen LogP contribution in [0.2, 0.25) is 5.02 Å². The fourth-order valence-corrected chi connectivity index (χ4v) is 5.79. The summed E-state index contributed by atoms with van der Waals surface area (Å²) < 4.78 is 43.2. The van der Waals surface area contributed by atoms with E-state index in [1.54, 1.807) is 24.3 Å². The summed E-state index contributed by atoms with van der Waals surface area (Å²) in [6.07, 6.45) is 1.96. The Hall–Kier alpha value is -2.47. The molecule has 0 amide bonds.